The van der Waals surface area contributed by atoms with Crippen LogP contribution in [-0.4, -0.2) is 26.6 Å². The Balaban J connectivity index is 2.40. The lowest BCUT2D eigenvalue weighted by Gasteiger charge is -2.08. The molecule has 0 aliphatic rings. The molecule has 0 saturated heterocycles. The minimum atomic E-state index is -0.819. The van der Waals surface area contributed by atoms with Crippen LogP contribution >= 0.6 is 11.8 Å². The highest BCUT2D eigenvalue weighted by molar-refractivity contribution is 7.99. The molecule has 0 bridgehead atoms. The number of thioether (sulfide) groups is 1. The number of aliphatic carboxylic acids is 1. The third-order valence-corrected chi connectivity index (χ3v) is 3.75. The van der Waals surface area contributed by atoms with E-state index in [4.69, 9.17) is 5.11 Å². The van der Waals surface area contributed by atoms with Crippen molar-refractivity contribution in [1.29, 1.82) is 0 Å². The van der Waals surface area contributed by atoms with Gasteiger partial charge in [-0.1, -0.05) is 36.9 Å². The van der Waals surface area contributed by atoms with Crippen molar-refractivity contribution in [2.24, 2.45) is 0 Å². The van der Waals surface area contributed by atoms with Crippen LogP contribution in [0.3, 0.4) is 0 Å². The van der Waals surface area contributed by atoms with Gasteiger partial charge in [0.05, 0.1) is 17.1 Å². The van der Waals surface area contributed by atoms with E-state index in [0.29, 0.717) is 0 Å². The van der Waals surface area contributed by atoms with Gasteiger partial charge in [0.2, 0.25) is 0 Å². The number of hydrogen-bond donors (Lipinski definition) is 1. The summed E-state index contributed by atoms with van der Waals surface area (Å²) in [7, 11) is 0. The highest BCUT2D eigenvalue weighted by Gasteiger charge is 2.12. The summed E-state index contributed by atoms with van der Waals surface area (Å²) in [6.45, 7) is 4.06. The van der Waals surface area contributed by atoms with Gasteiger partial charge >= 0.3 is 5.97 Å². The summed E-state index contributed by atoms with van der Waals surface area (Å²) in [5.74, 6) is -0.777. The molecular formula is C14H16N2O2S. The zero-order chi connectivity index (χ0) is 13.8. The second kappa shape index (κ2) is 5.93. The van der Waals surface area contributed by atoms with Crippen molar-refractivity contribution < 1.29 is 9.90 Å². The van der Waals surface area contributed by atoms with Crippen molar-refractivity contribution in [2.45, 2.75) is 25.3 Å². The number of aromatic nitrogens is 2. The topological polar surface area (TPSA) is 55.1 Å². The molecule has 0 aliphatic heterocycles. The van der Waals surface area contributed by atoms with E-state index in [1.54, 1.807) is 0 Å². The Morgan fingerprint density at radius 1 is 1.42 bits per heavy atom. The van der Waals surface area contributed by atoms with E-state index in [9.17, 15) is 4.79 Å². The van der Waals surface area contributed by atoms with Gasteiger partial charge in [0.15, 0.2) is 0 Å². The SMILES string of the molecule is CCc1cc(SCC(=O)O)n(-c2ccccc2C)n1. The molecule has 2 aromatic rings. The van der Waals surface area contributed by atoms with Crippen molar-refractivity contribution in [3.05, 3.63) is 41.6 Å². The Kier molecular flexibility index (Phi) is 4.27. The lowest BCUT2D eigenvalue weighted by atomic mass is 10.2. The number of benzene rings is 1. The molecule has 5 heteroatoms. The first-order valence-corrected chi connectivity index (χ1v) is 7.10. The van der Waals surface area contributed by atoms with Crippen molar-refractivity contribution >= 4 is 17.7 Å². The quantitative estimate of drug-likeness (QED) is 0.853. The lowest BCUT2D eigenvalue weighted by molar-refractivity contribution is -0.133. The van der Waals surface area contributed by atoms with Gasteiger partial charge in [-0.25, -0.2) is 4.68 Å². The predicted molar refractivity (Wildman–Crippen MR) is 76.0 cm³/mol. The summed E-state index contributed by atoms with van der Waals surface area (Å²) >= 11 is 1.30. The molecule has 0 radical (unpaired) electrons. The third-order valence-electron chi connectivity index (χ3n) is 2.78. The highest BCUT2D eigenvalue weighted by Crippen LogP contribution is 2.24. The van der Waals surface area contributed by atoms with Gasteiger partial charge in [0.1, 0.15) is 5.03 Å². The molecule has 4 nitrogen and oxygen atoms in total. The summed E-state index contributed by atoms with van der Waals surface area (Å²) in [6.07, 6.45) is 0.833. The average Bonchev–Trinajstić information content (AvgIpc) is 2.80. The first-order valence-electron chi connectivity index (χ1n) is 6.11. The van der Waals surface area contributed by atoms with Crippen LogP contribution in [0.25, 0.3) is 5.69 Å². The summed E-state index contributed by atoms with van der Waals surface area (Å²) in [5.41, 5.74) is 3.08. The molecule has 0 amide bonds. The van der Waals surface area contributed by atoms with Gasteiger partial charge in [0, 0.05) is 0 Å². The summed E-state index contributed by atoms with van der Waals surface area (Å²) in [4.78, 5) is 10.7. The van der Waals surface area contributed by atoms with Crippen LogP contribution in [0.15, 0.2) is 35.4 Å². The van der Waals surface area contributed by atoms with Gasteiger partial charge < -0.3 is 5.11 Å². The van der Waals surface area contributed by atoms with E-state index in [0.717, 1.165) is 28.4 Å². The first kappa shape index (κ1) is 13.7. The number of aryl methyl sites for hydroxylation is 2. The fourth-order valence-corrected chi connectivity index (χ4v) is 2.55. The minimum absolute atomic E-state index is 0.0424. The fourth-order valence-electron chi connectivity index (χ4n) is 1.80. The molecule has 0 unspecified atom stereocenters. The largest absolute Gasteiger partial charge is 0.481 e. The van der Waals surface area contributed by atoms with Crippen LogP contribution in [0.5, 0.6) is 0 Å². The zero-order valence-electron chi connectivity index (χ0n) is 11.0. The Labute approximate surface area is 116 Å². The normalized spacial score (nSPS) is 10.6. The van der Waals surface area contributed by atoms with Crippen LogP contribution < -0.4 is 0 Å². The van der Waals surface area contributed by atoms with Gasteiger partial charge in [-0.15, -0.1) is 0 Å². The van der Waals surface area contributed by atoms with E-state index in [1.807, 2.05) is 48.9 Å². The molecule has 1 N–H and O–H groups in total. The van der Waals surface area contributed by atoms with Crippen molar-refractivity contribution in [1.82, 2.24) is 9.78 Å². The van der Waals surface area contributed by atoms with Crippen molar-refractivity contribution in [2.75, 3.05) is 5.75 Å². The van der Waals surface area contributed by atoms with Crippen LogP contribution in [0, 0.1) is 6.92 Å². The molecule has 1 heterocycles. The van der Waals surface area contributed by atoms with E-state index in [-0.39, 0.29) is 5.75 Å². The first-order chi connectivity index (χ1) is 9.11. The Bertz CT molecular complexity index is 593. The number of para-hydroxylation sites is 1. The van der Waals surface area contributed by atoms with Crippen LogP contribution in [-0.2, 0) is 11.2 Å². The van der Waals surface area contributed by atoms with E-state index in [2.05, 4.69) is 5.10 Å². The van der Waals surface area contributed by atoms with E-state index in [1.165, 1.54) is 11.8 Å². The van der Waals surface area contributed by atoms with Crippen LogP contribution in [0.4, 0.5) is 0 Å². The molecule has 100 valence electrons. The smallest absolute Gasteiger partial charge is 0.313 e. The molecule has 2 rings (SSSR count). The van der Waals surface area contributed by atoms with Gasteiger partial charge in [-0.2, -0.15) is 5.10 Å². The molecule has 1 aromatic heterocycles. The maximum absolute atomic E-state index is 10.7. The maximum atomic E-state index is 10.7. The second-order valence-electron chi connectivity index (χ2n) is 4.21. The van der Waals surface area contributed by atoms with Crippen LogP contribution in [0.1, 0.15) is 18.2 Å². The number of rotatable bonds is 5. The summed E-state index contributed by atoms with van der Waals surface area (Å²) in [6, 6.07) is 9.91. The number of carboxylic acid groups (broad SMARTS) is 1. The minimum Gasteiger partial charge on any atom is -0.481 e. The molecule has 0 aliphatic carbocycles. The average molecular weight is 276 g/mol. The van der Waals surface area contributed by atoms with E-state index >= 15 is 0 Å². The molecule has 0 fully saturated rings. The highest BCUT2D eigenvalue weighted by atomic mass is 32.2. The zero-order valence-corrected chi connectivity index (χ0v) is 11.8. The monoisotopic (exact) mass is 276 g/mol. The number of hydrogen-bond acceptors (Lipinski definition) is 3. The standard InChI is InChI=1S/C14H16N2O2S/c1-3-11-8-13(19-9-14(17)18)16(15-11)12-7-5-4-6-10(12)2/h4-8H,3,9H2,1-2H3,(H,17,18). The van der Waals surface area contributed by atoms with Gasteiger partial charge in [0.25, 0.3) is 0 Å². The predicted octanol–water partition coefficient (Wildman–Crippen LogP) is 2.92. The molecule has 1 aromatic carbocycles. The number of nitrogens with zero attached hydrogens (tertiary/aromatic N) is 2. The van der Waals surface area contributed by atoms with E-state index < -0.39 is 5.97 Å². The summed E-state index contributed by atoms with van der Waals surface area (Å²) in [5, 5.41) is 14.2. The Morgan fingerprint density at radius 3 is 2.79 bits per heavy atom. The third kappa shape index (κ3) is 3.17. The number of carbonyl (C=O) groups is 1. The van der Waals surface area contributed by atoms with Gasteiger partial charge in [-0.05, 0) is 31.0 Å². The Hall–Kier alpha value is -1.75. The molecule has 19 heavy (non-hydrogen) atoms. The van der Waals surface area contributed by atoms with Crippen molar-refractivity contribution in [3.63, 3.8) is 0 Å². The lowest BCUT2D eigenvalue weighted by Crippen LogP contribution is -2.03. The van der Waals surface area contributed by atoms with Crippen molar-refractivity contribution in [3.8, 4) is 5.69 Å². The maximum Gasteiger partial charge on any atom is 0.313 e. The Morgan fingerprint density at radius 2 is 2.16 bits per heavy atom. The fraction of sp³-hybridized carbons (Fsp3) is 0.286. The number of carboxylic acids is 1. The molecule has 0 atom stereocenters. The second-order valence-corrected chi connectivity index (χ2v) is 5.20. The summed E-state index contributed by atoms with van der Waals surface area (Å²) < 4.78 is 1.84. The molecule has 0 saturated carbocycles. The van der Waals surface area contributed by atoms with Gasteiger partial charge in [-0.3, -0.25) is 4.79 Å². The van der Waals surface area contributed by atoms with Crippen LogP contribution in [0.2, 0.25) is 0 Å². The molecular weight excluding hydrogens is 260 g/mol. The molecule has 0 spiro atoms.